The van der Waals surface area contributed by atoms with Gasteiger partial charge in [-0.2, -0.15) is 0 Å². The molecule has 18 heavy (non-hydrogen) atoms. The van der Waals surface area contributed by atoms with Gasteiger partial charge in [0.2, 0.25) is 0 Å². The molecule has 0 unspecified atom stereocenters. The molecule has 2 aromatic rings. The van der Waals surface area contributed by atoms with E-state index in [1.165, 1.54) is 5.56 Å². The highest BCUT2D eigenvalue weighted by molar-refractivity contribution is 5.84. The molecule has 0 spiro atoms. The van der Waals surface area contributed by atoms with Gasteiger partial charge in [0.1, 0.15) is 11.4 Å². The topological polar surface area (TPSA) is 44.1 Å². The van der Waals surface area contributed by atoms with Gasteiger partial charge in [0, 0.05) is 12.6 Å². The largest absolute Gasteiger partial charge is 0.493 e. The molecular formula is C14H14N2O2. The quantitative estimate of drug-likeness (QED) is 0.758. The zero-order valence-electron chi connectivity index (χ0n) is 10.2. The average molecular weight is 242 g/mol. The van der Waals surface area contributed by atoms with Crippen molar-refractivity contribution in [3.63, 3.8) is 0 Å². The van der Waals surface area contributed by atoms with Crippen LogP contribution in [0.25, 0.3) is 11.3 Å². The van der Waals surface area contributed by atoms with Crippen molar-refractivity contribution in [3.8, 4) is 17.0 Å². The van der Waals surface area contributed by atoms with Gasteiger partial charge in [0.25, 0.3) is 0 Å². The number of aryl methyl sites for hydroxylation is 2. The number of hydrogen-bond acceptors (Lipinski definition) is 3. The van der Waals surface area contributed by atoms with Crippen LogP contribution in [0.15, 0.2) is 24.5 Å². The lowest BCUT2D eigenvalue weighted by Gasteiger charge is -2.18. The zero-order chi connectivity index (χ0) is 12.5. The normalized spacial score (nSPS) is 13.8. The Bertz CT molecular complexity index is 602. The molecule has 0 saturated carbocycles. The molecule has 1 aromatic carbocycles. The second-order valence-corrected chi connectivity index (χ2v) is 4.48. The monoisotopic (exact) mass is 242 g/mol. The maximum atomic E-state index is 11.0. The predicted octanol–water partition coefficient (Wildman–Crippen LogP) is 2.22. The van der Waals surface area contributed by atoms with E-state index in [0.29, 0.717) is 5.69 Å². The average Bonchev–Trinajstić information content (AvgIpc) is 2.79. The van der Waals surface area contributed by atoms with Crippen LogP contribution in [0.2, 0.25) is 0 Å². The minimum atomic E-state index is 0.481. The summed E-state index contributed by atoms with van der Waals surface area (Å²) in [5, 5.41) is 0. The minimum absolute atomic E-state index is 0.481. The van der Waals surface area contributed by atoms with Crippen molar-refractivity contribution >= 4 is 6.29 Å². The third-order valence-corrected chi connectivity index (χ3v) is 3.26. The van der Waals surface area contributed by atoms with Crippen LogP contribution in [-0.4, -0.2) is 22.4 Å². The van der Waals surface area contributed by atoms with Gasteiger partial charge in [-0.3, -0.25) is 4.79 Å². The molecule has 0 saturated heterocycles. The van der Waals surface area contributed by atoms with Crippen LogP contribution in [0.1, 0.15) is 22.5 Å². The fourth-order valence-corrected chi connectivity index (χ4v) is 2.39. The molecule has 0 aliphatic carbocycles. The van der Waals surface area contributed by atoms with Gasteiger partial charge >= 0.3 is 0 Å². The zero-order valence-corrected chi connectivity index (χ0v) is 10.2. The van der Waals surface area contributed by atoms with E-state index in [-0.39, 0.29) is 0 Å². The Morgan fingerprint density at radius 2 is 2.33 bits per heavy atom. The molecule has 92 valence electrons. The second-order valence-electron chi connectivity index (χ2n) is 4.48. The molecule has 4 heteroatoms. The smallest absolute Gasteiger partial charge is 0.170 e. The number of imidazole rings is 1. The Morgan fingerprint density at radius 3 is 3.17 bits per heavy atom. The van der Waals surface area contributed by atoms with Crippen LogP contribution in [0.3, 0.4) is 0 Å². The number of ether oxygens (including phenoxy) is 1. The van der Waals surface area contributed by atoms with Gasteiger partial charge in [0.05, 0.1) is 18.6 Å². The molecule has 1 aromatic heterocycles. The first kappa shape index (κ1) is 11.0. The number of carbonyl (C=O) groups is 1. The number of benzene rings is 1. The highest BCUT2D eigenvalue weighted by Crippen LogP contribution is 2.30. The molecular weight excluding hydrogens is 228 g/mol. The number of aromatic nitrogens is 2. The highest BCUT2D eigenvalue weighted by atomic mass is 16.5. The highest BCUT2D eigenvalue weighted by Gasteiger charge is 2.15. The van der Waals surface area contributed by atoms with Crippen LogP contribution >= 0.6 is 0 Å². The van der Waals surface area contributed by atoms with Gasteiger partial charge in [-0.1, -0.05) is 0 Å². The fourth-order valence-electron chi connectivity index (χ4n) is 2.39. The number of carbonyl (C=O) groups excluding carboxylic acids is 1. The van der Waals surface area contributed by atoms with E-state index in [2.05, 4.69) is 11.1 Å². The maximum absolute atomic E-state index is 11.0. The van der Waals surface area contributed by atoms with Crippen LogP contribution < -0.4 is 4.74 Å². The van der Waals surface area contributed by atoms with Crippen LogP contribution in [0.5, 0.6) is 5.75 Å². The number of fused-ring (bicyclic) bond motifs is 1. The number of nitrogens with zero attached hydrogens (tertiary/aromatic N) is 2. The molecule has 0 fully saturated rings. The molecule has 1 aliphatic rings. The van der Waals surface area contributed by atoms with E-state index in [1.807, 2.05) is 23.7 Å². The summed E-state index contributed by atoms with van der Waals surface area (Å²) in [5.41, 5.74) is 3.56. The third-order valence-electron chi connectivity index (χ3n) is 3.26. The van der Waals surface area contributed by atoms with Crippen molar-refractivity contribution in [2.75, 3.05) is 6.61 Å². The first-order valence-corrected chi connectivity index (χ1v) is 6.02. The van der Waals surface area contributed by atoms with Crippen LogP contribution in [0, 0.1) is 0 Å². The Labute approximate surface area is 105 Å². The third kappa shape index (κ3) is 1.70. The molecule has 0 radical (unpaired) electrons. The van der Waals surface area contributed by atoms with E-state index in [0.717, 1.165) is 42.7 Å². The van der Waals surface area contributed by atoms with Crippen LogP contribution in [-0.2, 0) is 13.5 Å². The molecule has 4 nitrogen and oxygen atoms in total. The van der Waals surface area contributed by atoms with Gasteiger partial charge in [-0.05, 0) is 36.6 Å². The van der Waals surface area contributed by atoms with E-state index in [9.17, 15) is 4.79 Å². The summed E-state index contributed by atoms with van der Waals surface area (Å²) in [6.07, 6.45) is 4.53. The van der Waals surface area contributed by atoms with E-state index < -0.39 is 0 Å². The summed E-state index contributed by atoms with van der Waals surface area (Å²) in [7, 11) is 1.89. The number of rotatable bonds is 2. The standard InChI is InChI=1S/C14H14N2O2/c1-16-9-15-12(8-17)14(16)11-4-5-13-10(7-11)3-2-6-18-13/h4-5,7-9H,2-3,6H2,1H3. The van der Waals surface area contributed by atoms with E-state index in [4.69, 9.17) is 4.74 Å². The van der Waals surface area contributed by atoms with Crippen LogP contribution in [0.4, 0.5) is 0 Å². The summed E-state index contributed by atoms with van der Waals surface area (Å²) in [4.78, 5) is 15.1. The molecule has 0 atom stereocenters. The summed E-state index contributed by atoms with van der Waals surface area (Å²) in [6, 6.07) is 6.05. The first-order valence-electron chi connectivity index (χ1n) is 6.02. The lowest BCUT2D eigenvalue weighted by Crippen LogP contribution is -2.08. The van der Waals surface area contributed by atoms with Crippen molar-refractivity contribution in [1.82, 2.24) is 9.55 Å². The van der Waals surface area contributed by atoms with Gasteiger partial charge in [-0.15, -0.1) is 0 Å². The Kier molecular flexibility index (Phi) is 2.63. The molecule has 3 rings (SSSR count). The van der Waals surface area contributed by atoms with E-state index >= 15 is 0 Å². The second kappa shape index (κ2) is 4.29. The molecule has 1 aliphatic heterocycles. The fraction of sp³-hybridized carbons (Fsp3) is 0.286. The van der Waals surface area contributed by atoms with Crippen molar-refractivity contribution in [2.45, 2.75) is 12.8 Å². The van der Waals surface area contributed by atoms with Crippen molar-refractivity contribution in [1.29, 1.82) is 0 Å². The van der Waals surface area contributed by atoms with Gasteiger partial charge < -0.3 is 9.30 Å². The maximum Gasteiger partial charge on any atom is 0.170 e. The Morgan fingerprint density at radius 1 is 1.44 bits per heavy atom. The number of hydrogen-bond donors (Lipinski definition) is 0. The summed E-state index contributed by atoms with van der Waals surface area (Å²) < 4.78 is 7.46. The summed E-state index contributed by atoms with van der Waals surface area (Å²) >= 11 is 0. The van der Waals surface area contributed by atoms with Crippen molar-refractivity contribution in [2.24, 2.45) is 7.05 Å². The molecule has 2 heterocycles. The predicted molar refractivity (Wildman–Crippen MR) is 67.8 cm³/mol. The Hall–Kier alpha value is -2.10. The SMILES string of the molecule is Cn1cnc(C=O)c1-c1ccc2c(c1)CCCO2. The Balaban J connectivity index is 2.11. The van der Waals surface area contributed by atoms with Crippen molar-refractivity contribution < 1.29 is 9.53 Å². The van der Waals surface area contributed by atoms with Crippen molar-refractivity contribution in [3.05, 3.63) is 35.8 Å². The molecule has 0 N–H and O–H groups in total. The molecule has 0 amide bonds. The molecule has 0 bridgehead atoms. The lowest BCUT2D eigenvalue weighted by atomic mass is 10.0. The minimum Gasteiger partial charge on any atom is -0.493 e. The van der Waals surface area contributed by atoms with Gasteiger partial charge in [-0.25, -0.2) is 4.98 Å². The summed E-state index contributed by atoms with van der Waals surface area (Å²) in [5.74, 6) is 0.958. The number of aldehydes is 1. The summed E-state index contributed by atoms with van der Waals surface area (Å²) in [6.45, 7) is 0.789. The van der Waals surface area contributed by atoms with E-state index in [1.54, 1.807) is 6.33 Å². The first-order chi connectivity index (χ1) is 8.79. The van der Waals surface area contributed by atoms with Gasteiger partial charge in [0.15, 0.2) is 6.29 Å². The lowest BCUT2D eigenvalue weighted by molar-refractivity contribution is 0.112.